The van der Waals surface area contributed by atoms with Crippen LogP contribution in [0.15, 0.2) is 0 Å². The maximum absolute atomic E-state index is 2.36. The number of hydrogen-bond donors (Lipinski definition) is 0. The first-order chi connectivity index (χ1) is 5.81. The maximum Gasteiger partial charge on any atom is -0.0258 e. The van der Waals surface area contributed by atoms with Crippen LogP contribution >= 0.6 is 0 Å². The van der Waals surface area contributed by atoms with Gasteiger partial charge < -0.3 is 0 Å². The summed E-state index contributed by atoms with van der Waals surface area (Å²) in [7, 11) is 0. The van der Waals surface area contributed by atoms with Gasteiger partial charge in [0.15, 0.2) is 0 Å². The van der Waals surface area contributed by atoms with Crippen LogP contribution < -0.4 is 0 Å². The smallest absolute Gasteiger partial charge is 0.0258 e. The van der Waals surface area contributed by atoms with E-state index in [-0.39, 0.29) is 0 Å². The first-order valence-electron chi connectivity index (χ1n) is 5.81. The van der Waals surface area contributed by atoms with Crippen LogP contribution in [0.2, 0.25) is 0 Å². The van der Waals surface area contributed by atoms with E-state index in [1.165, 1.54) is 12.3 Å². The Labute approximate surface area is 75.7 Å². The monoisotopic (exact) mass is 164 g/mol. The predicted molar refractivity (Wildman–Crippen MR) is 51.0 cm³/mol. The molecule has 0 aromatic rings. The molecule has 3 rings (SSSR count). The van der Waals surface area contributed by atoms with Gasteiger partial charge in [0, 0.05) is 0 Å². The topological polar surface area (TPSA) is 0 Å². The summed E-state index contributed by atoms with van der Waals surface area (Å²) in [6.07, 6.45) is 12.5. The minimum Gasteiger partial charge on any atom is -0.0654 e. The van der Waals surface area contributed by atoms with Crippen molar-refractivity contribution >= 4 is 0 Å². The highest BCUT2D eigenvalue weighted by atomic mass is 14.7. The van der Waals surface area contributed by atoms with E-state index in [1.807, 2.05) is 0 Å². The zero-order valence-electron chi connectivity index (χ0n) is 8.23. The second kappa shape index (κ2) is 2.08. The maximum atomic E-state index is 2.36. The second-order valence-corrected chi connectivity index (χ2v) is 5.60. The molecular formula is C12H20. The summed E-state index contributed by atoms with van der Waals surface area (Å²) in [5, 5.41) is 0. The van der Waals surface area contributed by atoms with Gasteiger partial charge in [-0.2, -0.15) is 0 Å². The highest BCUT2D eigenvalue weighted by Gasteiger charge is 2.68. The third-order valence-electron chi connectivity index (χ3n) is 5.21. The first kappa shape index (κ1) is 7.41. The fourth-order valence-electron chi connectivity index (χ4n) is 4.89. The lowest BCUT2D eigenvalue weighted by Gasteiger charge is -2.74. The van der Waals surface area contributed by atoms with Crippen LogP contribution in [0.4, 0.5) is 0 Å². The zero-order chi connectivity index (χ0) is 8.23. The van der Waals surface area contributed by atoms with E-state index in [0.29, 0.717) is 0 Å². The van der Waals surface area contributed by atoms with Crippen molar-refractivity contribution in [3.8, 4) is 0 Å². The molecule has 0 spiro atoms. The third-order valence-corrected chi connectivity index (χ3v) is 5.21. The lowest BCUT2D eigenvalue weighted by Crippen LogP contribution is -2.65. The standard InChI is InChI=1S/C12H20/c1-2-5-11-6-3-7-12(9-11)8-4-10(11)12/h10H,2-9H2,1H3. The molecule has 0 heterocycles. The van der Waals surface area contributed by atoms with Crippen molar-refractivity contribution in [3.63, 3.8) is 0 Å². The third kappa shape index (κ3) is 0.625. The van der Waals surface area contributed by atoms with Crippen LogP contribution in [-0.4, -0.2) is 0 Å². The van der Waals surface area contributed by atoms with Gasteiger partial charge in [0.05, 0.1) is 0 Å². The molecule has 0 N–H and O–H groups in total. The molecule has 3 fully saturated rings. The SMILES string of the molecule is CCCC12CCCC3(CCC13)C2. The molecular weight excluding hydrogens is 144 g/mol. The van der Waals surface area contributed by atoms with Crippen LogP contribution in [0.5, 0.6) is 0 Å². The van der Waals surface area contributed by atoms with Gasteiger partial charge in [-0.1, -0.05) is 19.8 Å². The average molecular weight is 164 g/mol. The second-order valence-electron chi connectivity index (χ2n) is 5.60. The minimum atomic E-state index is 0.880. The Morgan fingerprint density at radius 1 is 1.25 bits per heavy atom. The number of hydrogen-bond acceptors (Lipinski definition) is 0. The van der Waals surface area contributed by atoms with E-state index >= 15 is 0 Å². The molecule has 0 aliphatic heterocycles. The minimum absolute atomic E-state index is 0.880. The summed E-state index contributed by atoms with van der Waals surface area (Å²) in [6.45, 7) is 2.36. The van der Waals surface area contributed by atoms with E-state index < -0.39 is 0 Å². The van der Waals surface area contributed by atoms with Crippen LogP contribution in [0.3, 0.4) is 0 Å². The Balaban J connectivity index is 1.82. The quantitative estimate of drug-likeness (QED) is 0.583. The van der Waals surface area contributed by atoms with Crippen molar-refractivity contribution < 1.29 is 0 Å². The van der Waals surface area contributed by atoms with Crippen LogP contribution in [0.25, 0.3) is 0 Å². The summed E-state index contributed by atoms with van der Waals surface area (Å²) < 4.78 is 0. The summed E-state index contributed by atoms with van der Waals surface area (Å²) in [4.78, 5) is 0. The Kier molecular flexibility index (Phi) is 1.28. The van der Waals surface area contributed by atoms with Crippen molar-refractivity contribution in [3.05, 3.63) is 0 Å². The normalized spacial score (nSPS) is 55.2. The Bertz CT molecular complexity index is 204. The molecule has 2 bridgehead atoms. The van der Waals surface area contributed by atoms with E-state index in [2.05, 4.69) is 6.92 Å². The van der Waals surface area contributed by atoms with Crippen molar-refractivity contribution in [2.24, 2.45) is 16.7 Å². The van der Waals surface area contributed by atoms with Crippen molar-refractivity contribution in [1.29, 1.82) is 0 Å². The average Bonchev–Trinajstić information content (AvgIpc) is 2.03. The Morgan fingerprint density at radius 2 is 2.17 bits per heavy atom. The molecule has 3 atom stereocenters. The van der Waals surface area contributed by atoms with Crippen LogP contribution in [0.1, 0.15) is 58.3 Å². The molecule has 0 nitrogen and oxygen atoms in total. The van der Waals surface area contributed by atoms with Crippen molar-refractivity contribution in [2.75, 3.05) is 0 Å². The van der Waals surface area contributed by atoms with Crippen LogP contribution in [-0.2, 0) is 0 Å². The Morgan fingerprint density at radius 3 is 2.75 bits per heavy atom. The fourth-order valence-corrected chi connectivity index (χ4v) is 4.89. The van der Waals surface area contributed by atoms with Gasteiger partial charge in [-0.3, -0.25) is 0 Å². The van der Waals surface area contributed by atoms with Gasteiger partial charge in [0.1, 0.15) is 0 Å². The van der Waals surface area contributed by atoms with Gasteiger partial charge in [-0.15, -0.1) is 0 Å². The predicted octanol–water partition coefficient (Wildman–Crippen LogP) is 3.76. The molecule has 0 aromatic carbocycles. The van der Waals surface area contributed by atoms with Gasteiger partial charge in [0.25, 0.3) is 0 Å². The summed E-state index contributed by atoms with van der Waals surface area (Å²) in [6, 6.07) is 0. The molecule has 3 saturated carbocycles. The first-order valence-corrected chi connectivity index (χ1v) is 5.81. The molecule has 0 radical (unpaired) electrons. The summed E-state index contributed by atoms with van der Waals surface area (Å²) in [5.41, 5.74) is 1.80. The molecule has 0 aromatic heterocycles. The lowest BCUT2D eigenvalue weighted by atomic mass is 9.31. The van der Waals surface area contributed by atoms with Crippen molar-refractivity contribution in [2.45, 2.75) is 58.3 Å². The van der Waals surface area contributed by atoms with E-state index in [4.69, 9.17) is 0 Å². The molecule has 3 aliphatic carbocycles. The van der Waals surface area contributed by atoms with Gasteiger partial charge in [-0.05, 0) is 55.3 Å². The zero-order valence-corrected chi connectivity index (χ0v) is 8.23. The van der Waals surface area contributed by atoms with E-state index in [0.717, 1.165) is 10.8 Å². The molecule has 0 amide bonds. The molecule has 3 unspecified atom stereocenters. The highest BCUT2D eigenvalue weighted by Crippen LogP contribution is 2.77. The largest absolute Gasteiger partial charge is 0.0654 e. The fraction of sp³-hybridized carbons (Fsp3) is 1.00. The lowest BCUT2D eigenvalue weighted by molar-refractivity contribution is -0.242. The van der Waals surface area contributed by atoms with Gasteiger partial charge in [-0.25, -0.2) is 0 Å². The molecule has 68 valence electrons. The van der Waals surface area contributed by atoms with Gasteiger partial charge >= 0.3 is 0 Å². The van der Waals surface area contributed by atoms with Gasteiger partial charge in [0.2, 0.25) is 0 Å². The summed E-state index contributed by atoms with van der Waals surface area (Å²) in [5.74, 6) is 1.19. The van der Waals surface area contributed by atoms with Crippen LogP contribution in [0, 0.1) is 16.7 Å². The molecule has 0 saturated heterocycles. The van der Waals surface area contributed by atoms with E-state index in [1.54, 1.807) is 44.9 Å². The Hall–Kier alpha value is 0. The molecule has 3 aliphatic rings. The molecule has 12 heavy (non-hydrogen) atoms. The highest BCUT2D eigenvalue weighted by molar-refractivity contribution is 5.17. The number of rotatable bonds is 2. The summed E-state index contributed by atoms with van der Waals surface area (Å²) >= 11 is 0. The van der Waals surface area contributed by atoms with E-state index in [9.17, 15) is 0 Å². The van der Waals surface area contributed by atoms with Crippen molar-refractivity contribution in [1.82, 2.24) is 0 Å². The molecule has 0 heteroatoms.